The number of nitrogens with one attached hydrogen (secondary N) is 1. The third kappa shape index (κ3) is 1.58. The largest absolute Gasteiger partial charge is 0.380 e. The zero-order valence-electron chi connectivity index (χ0n) is 8.45. The van der Waals surface area contributed by atoms with E-state index in [0.29, 0.717) is 12.1 Å². The maximum Gasteiger partial charge on any atom is 0.0637 e. The average molecular weight is 214 g/mol. The predicted octanol–water partition coefficient (Wildman–Crippen LogP) is 0.165. The molecule has 0 aliphatic carbocycles. The van der Waals surface area contributed by atoms with Crippen LogP contribution in [0.2, 0.25) is 0 Å². The van der Waals surface area contributed by atoms with Crippen LogP contribution in [0.25, 0.3) is 0 Å². The standard InChI is InChI=1S/C10H18N2OS/c1-3-13-6-10-9(1)11-5-8-7-14-4-2-12(8)10/h8-11H,1-7H2. The molecule has 0 spiro atoms. The van der Waals surface area contributed by atoms with Gasteiger partial charge in [-0.3, -0.25) is 4.90 Å². The number of rotatable bonds is 0. The van der Waals surface area contributed by atoms with E-state index in [4.69, 9.17) is 4.74 Å². The molecule has 3 aliphatic heterocycles. The van der Waals surface area contributed by atoms with Gasteiger partial charge < -0.3 is 10.1 Å². The summed E-state index contributed by atoms with van der Waals surface area (Å²) in [6.07, 6.45) is 1.20. The fraction of sp³-hybridized carbons (Fsp3) is 1.00. The van der Waals surface area contributed by atoms with Gasteiger partial charge in [0.1, 0.15) is 0 Å². The number of thioether (sulfide) groups is 1. The topological polar surface area (TPSA) is 24.5 Å². The van der Waals surface area contributed by atoms with Crippen LogP contribution < -0.4 is 5.32 Å². The van der Waals surface area contributed by atoms with Gasteiger partial charge in [-0.25, -0.2) is 0 Å². The smallest absolute Gasteiger partial charge is 0.0637 e. The van der Waals surface area contributed by atoms with Crippen molar-refractivity contribution >= 4 is 11.8 Å². The van der Waals surface area contributed by atoms with Gasteiger partial charge in [0.05, 0.1) is 6.61 Å². The maximum atomic E-state index is 5.60. The van der Waals surface area contributed by atoms with E-state index in [-0.39, 0.29) is 0 Å². The summed E-state index contributed by atoms with van der Waals surface area (Å²) in [5.74, 6) is 2.61. The SMILES string of the molecule is C1CC2NCC3CSCCN3C2CO1. The highest BCUT2D eigenvalue weighted by molar-refractivity contribution is 7.99. The summed E-state index contributed by atoms with van der Waals surface area (Å²) < 4.78 is 5.60. The average Bonchev–Trinajstić information content (AvgIpc) is 2.29. The summed E-state index contributed by atoms with van der Waals surface area (Å²) in [5.41, 5.74) is 0. The Balaban J connectivity index is 1.74. The van der Waals surface area contributed by atoms with Crippen LogP contribution in [0.1, 0.15) is 6.42 Å². The van der Waals surface area contributed by atoms with E-state index < -0.39 is 0 Å². The molecule has 14 heavy (non-hydrogen) atoms. The quantitative estimate of drug-likeness (QED) is 0.621. The van der Waals surface area contributed by atoms with Gasteiger partial charge in [0.25, 0.3) is 0 Å². The number of nitrogens with zero attached hydrogens (tertiary/aromatic N) is 1. The van der Waals surface area contributed by atoms with E-state index >= 15 is 0 Å². The van der Waals surface area contributed by atoms with E-state index in [0.717, 1.165) is 19.3 Å². The molecule has 3 unspecified atom stereocenters. The van der Waals surface area contributed by atoms with Gasteiger partial charge in [-0.15, -0.1) is 0 Å². The summed E-state index contributed by atoms with van der Waals surface area (Å²) in [6, 6.07) is 2.11. The second-order valence-electron chi connectivity index (χ2n) is 4.41. The second kappa shape index (κ2) is 4.00. The van der Waals surface area contributed by atoms with Crippen LogP contribution in [0.5, 0.6) is 0 Å². The molecule has 3 fully saturated rings. The van der Waals surface area contributed by atoms with Gasteiger partial charge in [-0.05, 0) is 6.42 Å². The lowest BCUT2D eigenvalue weighted by Crippen LogP contribution is -2.67. The molecule has 80 valence electrons. The molecule has 0 aromatic rings. The summed E-state index contributed by atoms with van der Waals surface area (Å²) in [6.45, 7) is 4.34. The summed E-state index contributed by atoms with van der Waals surface area (Å²) in [7, 11) is 0. The minimum atomic E-state index is 0.656. The Bertz CT molecular complexity index is 192. The Morgan fingerprint density at radius 3 is 3.43 bits per heavy atom. The van der Waals surface area contributed by atoms with Crippen LogP contribution in [0, 0.1) is 0 Å². The molecule has 3 aliphatic rings. The molecular weight excluding hydrogens is 196 g/mol. The van der Waals surface area contributed by atoms with E-state index in [1.54, 1.807) is 0 Å². The normalized spacial score (nSPS) is 44.1. The van der Waals surface area contributed by atoms with Crippen molar-refractivity contribution in [2.24, 2.45) is 0 Å². The van der Waals surface area contributed by atoms with E-state index in [9.17, 15) is 0 Å². The molecule has 3 atom stereocenters. The first-order valence-corrected chi connectivity index (χ1v) is 6.75. The molecule has 0 bridgehead atoms. The maximum absolute atomic E-state index is 5.60. The van der Waals surface area contributed by atoms with Crippen LogP contribution >= 0.6 is 11.8 Å². The number of hydrogen-bond acceptors (Lipinski definition) is 4. The Labute approximate surface area is 89.6 Å². The second-order valence-corrected chi connectivity index (χ2v) is 5.56. The van der Waals surface area contributed by atoms with Crippen molar-refractivity contribution in [3.05, 3.63) is 0 Å². The number of hydrogen-bond donors (Lipinski definition) is 1. The molecule has 3 nitrogen and oxygen atoms in total. The summed E-state index contributed by atoms with van der Waals surface area (Å²) >= 11 is 2.10. The Morgan fingerprint density at radius 2 is 2.43 bits per heavy atom. The predicted molar refractivity (Wildman–Crippen MR) is 58.8 cm³/mol. The molecule has 0 aromatic heterocycles. The van der Waals surface area contributed by atoms with Gasteiger partial charge in [0.15, 0.2) is 0 Å². The third-order valence-electron chi connectivity index (χ3n) is 3.64. The molecule has 0 radical (unpaired) electrons. The molecule has 1 N–H and O–H groups in total. The van der Waals surface area contributed by atoms with Gasteiger partial charge in [0.2, 0.25) is 0 Å². The van der Waals surface area contributed by atoms with Crippen molar-refractivity contribution in [1.82, 2.24) is 10.2 Å². The minimum Gasteiger partial charge on any atom is -0.380 e. The van der Waals surface area contributed by atoms with Crippen molar-refractivity contribution in [2.45, 2.75) is 24.5 Å². The fourth-order valence-corrected chi connectivity index (χ4v) is 3.94. The first-order valence-electron chi connectivity index (χ1n) is 5.60. The number of ether oxygens (including phenoxy) is 1. The molecule has 3 heterocycles. The number of piperazine rings is 1. The van der Waals surface area contributed by atoms with E-state index in [1.807, 2.05) is 0 Å². The first-order chi connectivity index (χ1) is 6.95. The number of fused-ring (bicyclic) bond motifs is 3. The molecule has 3 saturated heterocycles. The van der Waals surface area contributed by atoms with Crippen molar-refractivity contribution in [3.8, 4) is 0 Å². The summed E-state index contributed by atoms with van der Waals surface area (Å²) in [4.78, 5) is 2.69. The third-order valence-corrected chi connectivity index (χ3v) is 4.73. The highest BCUT2D eigenvalue weighted by Gasteiger charge is 2.39. The zero-order chi connectivity index (χ0) is 9.38. The molecule has 0 amide bonds. The Kier molecular flexibility index (Phi) is 2.70. The Hall–Kier alpha value is 0.230. The van der Waals surface area contributed by atoms with Gasteiger partial charge in [0, 0.05) is 49.3 Å². The van der Waals surface area contributed by atoms with Gasteiger partial charge >= 0.3 is 0 Å². The monoisotopic (exact) mass is 214 g/mol. The molecule has 4 heteroatoms. The van der Waals surface area contributed by atoms with Crippen molar-refractivity contribution in [1.29, 1.82) is 0 Å². The van der Waals surface area contributed by atoms with Crippen LogP contribution in [0.3, 0.4) is 0 Å². The van der Waals surface area contributed by atoms with E-state index in [2.05, 4.69) is 22.0 Å². The van der Waals surface area contributed by atoms with Gasteiger partial charge in [-0.2, -0.15) is 11.8 Å². The van der Waals surface area contributed by atoms with Crippen LogP contribution in [0.15, 0.2) is 0 Å². The highest BCUT2D eigenvalue weighted by Crippen LogP contribution is 2.26. The van der Waals surface area contributed by atoms with Gasteiger partial charge in [-0.1, -0.05) is 0 Å². The van der Waals surface area contributed by atoms with Crippen molar-refractivity contribution in [3.63, 3.8) is 0 Å². The van der Waals surface area contributed by atoms with Crippen molar-refractivity contribution < 1.29 is 4.74 Å². The lowest BCUT2D eigenvalue weighted by molar-refractivity contribution is -0.0357. The molecular formula is C10H18N2OS. The lowest BCUT2D eigenvalue weighted by Gasteiger charge is -2.50. The van der Waals surface area contributed by atoms with Crippen LogP contribution in [-0.4, -0.2) is 60.8 Å². The van der Waals surface area contributed by atoms with Crippen LogP contribution in [-0.2, 0) is 4.74 Å². The van der Waals surface area contributed by atoms with Crippen LogP contribution in [0.4, 0.5) is 0 Å². The Morgan fingerprint density at radius 1 is 1.43 bits per heavy atom. The molecule has 3 rings (SSSR count). The van der Waals surface area contributed by atoms with E-state index in [1.165, 1.54) is 31.0 Å². The first kappa shape index (κ1) is 9.46. The highest BCUT2D eigenvalue weighted by atomic mass is 32.2. The molecule has 0 aromatic carbocycles. The van der Waals surface area contributed by atoms with Crippen molar-refractivity contribution in [2.75, 3.05) is 37.8 Å². The lowest BCUT2D eigenvalue weighted by atomic mass is 9.96. The fourth-order valence-electron chi connectivity index (χ4n) is 2.86. The summed E-state index contributed by atoms with van der Waals surface area (Å²) in [5, 5.41) is 3.69. The minimum absolute atomic E-state index is 0.656. The zero-order valence-corrected chi connectivity index (χ0v) is 9.26. The molecule has 0 saturated carbocycles.